The molecular weight excluding hydrogens is 180 g/mol. The Morgan fingerprint density at radius 3 is 2.83 bits per heavy atom. The Kier molecular flexibility index (Phi) is 2.74. The minimum Gasteiger partial charge on any atom is -0.386 e. The Balaban J connectivity index is 2.84. The first-order valence-corrected chi connectivity index (χ1v) is 4.09. The summed E-state index contributed by atoms with van der Waals surface area (Å²) in [6.45, 7) is 0.0810. The van der Waals surface area contributed by atoms with Crippen LogP contribution in [0, 0.1) is 10.1 Å². The molecule has 66 valence electrons. The molecule has 0 bridgehead atoms. The molecule has 0 amide bonds. The lowest BCUT2D eigenvalue weighted by atomic mass is 10.3. The Bertz CT molecular complexity index is 286. The zero-order chi connectivity index (χ0) is 9.14. The molecule has 0 aliphatic heterocycles. The molecule has 0 aromatic carbocycles. The van der Waals surface area contributed by atoms with E-state index in [1.54, 1.807) is 0 Å². The molecular formula is C6H8N2O3S. The van der Waals surface area contributed by atoms with E-state index in [2.05, 4.69) is 0 Å². The van der Waals surface area contributed by atoms with Crippen LogP contribution in [0.3, 0.4) is 0 Å². The predicted octanol–water partition coefficient (Wildman–Crippen LogP) is 0.648. The lowest BCUT2D eigenvalue weighted by molar-refractivity contribution is -0.380. The molecule has 3 N–H and O–H groups in total. The smallest absolute Gasteiger partial charge is 0.324 e. The number of aliphatic hydroxyl groups excluding tert-OH is 1. The van der Waals surface area contributed by atoms with Crippen LogP contribution < -0.4 is 5.73 Å². The van der Waals surface area contributed by atoms with Gasteiger partial charge in [-0.25, -0.2) is 0 Å². The van der Waals surface area contributed by atoms with E-state index in [1.807, 2.05) is 0 Å². The summed E-state index contributed by atoms with van der Waals surface area (Å²) in [6, 6.07) is 2.87. The molecule has 1 unspecified atom stereocenters. The van der Waals surface area contributed by atoms with Gasteiger partial charge in [0.25, 0.3) is 0 Å². The zero-order valence-corrected chi connectivity index (χ0v) is 6.95. The first kappa shape index (κ1) is 9.11. The molecule has 6 heteroatoms. The van der Waals surface area contributed by atoms with Gasteiger partial charge in [0.2, 0.25) is 0 Å². The largest absolute Gasteiger partial charge is 0.386 e. The fourth-order valence-electron chi connectivity index (χ4n) is 0.736. The number of hydrogen-bond acceptors (Lipinski definition) is 5. The lowest BCUT2D eigenvalue weighted by Gasteiger charge is -2.01. The highest BCUT2D eigenvalue weighted by molar-refractivity contribution is 7.15. The van der Waals surface area contributed by atoms with E-state index in [9.17, 15) is 15.2 Å². The maximum absolute atomic E-state index is 10.2. The van der Waals surface area contributed by atoms with E-state index in [4.69, 9.17) is 5.73 Å². The Morgan fingerprint density at radius 2 is 2.42 bits per heavy atom. The Morgan fingerprint density at radius 1 is 1.75 bits per heavy atom. The van der Waals surface area contributed by atoms with Crippen LogP contribution in [0.4, 0.5) is 5.00 Å². The first-order chi connectivity index (χ1) is 5.65. The minimum atomic E-state index is -0.788. The highest BCUT2D eigenvalue weighted by Gasteiger charge is 2.13. The molecule has 1 heterocycles. The van der Waals surface area contributed by atoms with Crippen molar-refractivity contribution >= 4 is 16.3 Å². The Hall–Kier alpha value is -0.980. The summed E-state index contributed by atoms with van der Waals surface area (Å²) in [4.78, 5) is 10.3. The average Bonchev–Trinajstić information content (AvgIpc) is 2.51. The molecule has 0 aliphatic carbocycles. The fraction of sp³-hybridized carbons (Fsp3) is 0.333. The first-order valence-electron chi connectivity index (χ1n) is 3.27. The zero-order valence-electron chi connectivity index (χ0n) is 6.14. The molecule has 5 nitrogen and oxygen atoms in total. The van der Waals surface area contributed by atoms with Crippen molar-refractivity contribution in [2.24, 2.45) is 5.73 Å². The second-order valence-electron chi connectivity index (χ2n) is 2.18. The second kappa shape index (κ2) is 3.61. The van der Waals surface area contributed by atoms with Crippen LogP contribution in [0.2, 0.25) is 0 Å². The van der Waals surface area contributed by atoms with E-state index in [0.29, 0.717) is 4.88 Å². The van der Waals surface area contributed by atoms with Gasteiger partial charge >= 0.3 is 5.00 Å². The van der Waals surface area contributed by atoms with Crippen LogP contribution in [-0.4, -0.2) is 16.6 Å². The molecule has 1 atom stereocenters. The molecule has 0 fully saturated rings. The van der Waals surface area contributed by atoms with Crippen LogP contribution in [0.25, 0.3) is 0 Å². The van der Waals surface area contributed by atoms with Gasteiger partial charge in [-0.3, -0.25) is 10.1 Å². The monoisotopic (exact) mass is 188 g/mol. The van der Waals surface area contributed by atoms with Crippen LogP contribution >= 0.6 is 11.3 Å². The van der Waals surface area contributed by atoms with Crippen molar-refractivity contribution in [1.82, 2.24) is 0 Å². The summed E-state index contributed by atoms with van der Waals surface area (Å²) < 4.78 is 0. The van der Waals surface area contributed by atoms with Crippen molar-refractivity contribution in [3.8, 4) is 0 Å². The molecule has 0 saturated carbocycles. The average molecular weight is 188 g/mol. The second-order valence-corrected chi connectivity index (χ2v) is 3.28. The third-order valence-corrected chi connectivity index (χ3v) is 2.48. The number of nitrogens with two attached hydrogens (primary N) is 1. The predicted molar refractivity (Wildman–Crippen MR) is 45.0 cm³/mol. The van der Waals surface area contributed by atoms with Gasteiger partial charge in [0.1, 0.15) is 6.10 Å². The summed E-state index contributed by atoms with van der Waals surface area (Å²) in [6.07, 6.45) is -0.788. The summed E-state index contributed by atoms with van der Waals surface area (Å²) in [5.74, 6) is 0. The van der Waals surface area contributed by atoms with Gasteiger partial charge in [-0.05, 0) is 6.07 Å². The maximum Gasteiger partial charge on any atom is 0.324 e. The van der Waals surface area contributed by atoms with E-state index in [0.717, 1.165) is 11.3 Å². The minimum absolute atomic E-state index is 0.0255. The van der Waals surface area contributed by atoms with Crippen LogP contribution in [0.15, 0.2) is 12.1 Å². The van der Waals surface area contributed by atoms with Gasteiger partial charge in [0.05, 0.1) is 4.92 Å². The van der Waals surface area contributed by atoms with E-state index < -0.39 is 11.0 Å². The number of aliphatic hydroxyl groups is 1. The summed E-state index contributed by atoms with van der Waals surface area (Å²) >= 11 is 0.945. The molecule has 0 spiro atoms. The van der Waals surface area contributed by atoms with Crippen molar-refractivity contribution in [3.63, 3.8) is 0 Å². The normalized spacial score (nSPS) is 12.8. The molecule has 1 rings (SSSR count). The molecule has 0 aliphatic rings. The van der Waals surface area contributed by atoms with Crippen molar-refractivity contribution in [2.75, 3.05) is 6.54 Å². The van der Waals surface area contributed by atoms with E-state index in [-0.39, 0.29) is 11.5 Å². The number of rotatable bonds is 3. The third kappa shape index (κ3) is 1.79. The number of nitro groups is 1. The van der Waals surface area contributed by atoms with Gasteiger partial charge in [-0.2, -0.15) is 0 Å². The van der Waals surface area contributed by atoms with Crippen LogP contribution in [0.5, 0.6) is 0 Å². The van der Waals surface area contributed by atoms with Gasteiger partial charge in [-0.1, -0.05) is 11.3 Å². The highest BCUT2D eigenvalue weighted by atomic mass is 32.1. The number of hydrogen-bond donors (Lipinski definition) is 2. The van der Waals surface area contributed by atoms with E-state index >= 15 is 0 Å². The molecule has 0 radical (unpaired) electrons. The SMILES string of the molecule is NCC(O)c1ccc([N+](=O)[O-])s1. The summed E-state index contributed by atoms with van der Waals surface area (Å²) in [5.41, 5.74) is 5.18. The van der Waals surface area contributed by atoms with Gasteiger partial charge in [0.15, 0.2) is 0 Å². The summed E-state index contributed by atoms with van der Waals surface area (Å²) in [7, 11) is 0. The maximum atomic E-state index is 10.2. The standard InChI is InChI=1S/C6H8N2O3S/c7-3-4(9)5-1-2-6(12-5)8(10)11/h1-2,4,9H,3,7H2. The third-order valence-electron chi connectivity index (χ3n) is 1.34. The van der Waals surface area contributed by atoms with Gasteiger partial charge < -0.3 is 10.8 Å². The molecule has 12 heavy (non-hydrogen) atoms. The highest BCUT2D eigenvalue weighted by Crippen LogP contribution is 2.27. The van der Waals surface area contributed by atoms with Gasteiger partial charge in [-0.15, -0.1) is 0 Å². The number of thiophene rings is 1. The molecule has 0 saturated heterocycles. The van der Waals surface area contributed by atoms with Crippen LogP contribution in [-0.2, 0) is 0 Å². The van der Waals surface area contributed by atoms with Crippen molar-refractivity contribution in [3.05, 3.63) is 27.1 Å². The molecule has 1 aromatic rings. The van der Waals surface area contributed by atoms with Crippen molar-refractivity contribution in [1.29, 1.82) is 0 Å². The fourth-order valence-corrected chi connectivity index (χ4v) is 1.56. The Labute approximate surface area is 72.6 Å². The van der Waals surface area contributed by atoms with Gasteiger partial charge in [0, 0.05) is 17.5 Å². The van der Waals surface area contributed by atoms with Crippen LogP contribution in [0.1, 0.15) is 11.0 Å². The topological polar surface area (TPSA) is 89.4 Å². The molecule has 1 aromatic heterocycles. The lowest BCUT2D eigenvalue weighted by Crippen LogP contribution is -2.09. The van der Waals surface area contributed by atoms with E-state index in [1.165, 1.54) is 12.1 Å². The quantitative estimate of drug-likeness (QED) is 0.538. The van der Waals surface area contributed by atoms with Crippen molar-refractivity contribution in [2.45, 2.75) is 6.10 Å². The summed E-state index contributed by atoms with van der Waals surface area (Å²) in [5, 5.41) is 19.4. The number of nitrogens with zero attached hydrogens (tertiary/aromatic N) is 1. The van der Waals surface area contributed by atoms with Crippen molar-refractivity contribution < 1.29 is 10.0 Å².